The largest absolute Gasteiger partial charge is 0.383 e. The first kappa shape index (κ1) is 19.1. The fraction of sp³-hybridized carbons (Fsp3) is 0.391. The van der Waals surface area contributed by atoms with Crippen LogP contribution in [0.1, 0.15) is 71.4 Å². The predicted molar refractivity (Wildman–Crippen MR) is 112 cm³/mol. The number of fused-ring (bicyclic) bond motifs is 3. The maximum absolute atomic E-state index is 14.8. The van der Waals surface area contributed by atoms with E-state index in [1.807, 2.05) is 26.0 Å². The molecule has 1 aromatic carbocycles. The Labute approximate surface area is 174 Å². The standard InChI is InChI=1S/C23H25FN4O2/c1-3-28(12(2)15-7-6-14(8-18(15)24)13-4-5-13)23(29)20-9-19-21(26-20)16-10-30-11-17(16)22(25)27-19/h6-9,12-13,26H,3-5,10-11H2,1-2H3,(H2,25,27)/t12-/m1/s1. The number of anilines is 1. The molecule has 2 aromatic heterocycles. The molecule has 1 aliphatic carbocycles. The van der Waals surface area contributed by atoms with Crippen molar-refractivity contribution < 1.29 is 13.9 Å². The molecule has 1 aliphatic heterocycles. The zero-order valence-electron chi connectivity index (χ0n) is 17.2. The summed E-state index contributed by atoms with van der Waals surface area (Å²) in [4.78, 5) is 22.6. The number of nitrogens with zero attached hydrogens (tertiary/aromatic N) is 2. The van der Waals surface area contributed by atoms with Gasteiger partial charge in [0, 0.05) is 23.2 Å². The molecule has 0 spiro atoms. The van der Waals surface area contributed by atoms with Gasteiger partial charge in [0.1, 0.15) is 17.3 Å². The zero-order chi connectivity index (χ0) is 21.0. The second kappa shape index (κ2) is 7.09. The van der Waals surface area contributed by atoms with Gasteiger partial charge in [-0.2, -0.15) is 0 Å². The first-order chi connectivity index (χ1) is 14.5. The van der Waals surface area contributed by atoms with E-state index in [4.69, 9.17) is 10.5 Å². The number of nitrogens with one attached hydrogen (secondary N) is 1. The van der Waals surface area contributed by atoms with Crippen molar-refractivity contribution >= 4 is 22.8 Å². The van der Waals surface area contributed by atoms with Crippen LogP contribution < -0.4 is 5.73 Å². The maximum atomic E-state index is 14.8. The Morgan fingerprint density at radius 3 is 2.80 bits per heavy atom. The minimum absolute atomic E-state index is 0.195. The van der Waals surface area contributed by atoms with Crippen molar-refractivity contribution in [3.05, 3.63) is 58.0 Å². The molecule has 0 radical (unpaired) electrons. The molecule has 156 valence electrons. The van der Waals surface area contributed by atoms with Crippen molar-refractivity contribution in [2.45, 2.75) is 51.9 Å². The second-order valence-corrected chi connectivity index (χ2v) is 8.21. The number of H-pyrrole nitrogens is 1. The summed E-state index contributed by atoms with van der Waals surface area (Å²) in [5.74, 6) is 0.482. The summed E-state index contributed by atoms with van der Waals surface area (Å²) < 4.78 is 20.3. The zero-order valence-corrected chi connectivity index (χ0v) is 17.2. The first-order valence-electron chi connectivity index (χ1n) is 10.5. The van der Waals surface area contributed by atoms with Crippen LogP contribution in [-0.4, -0.2) is 27.3 Å². The number of pyridine rings is 1. The van der Waals surface area contributed by atoms with E-state index in [2.05, 4.69) is 9.97 Å². The van der Waals surface area contributed by atoms with Gasteiger partial charge in [-0.15, -0.1) is 0 Å². The predicted octanol–water partition coefficient (Wildman–Crippen LogP) is 4.42. The van der Waals surface area contributed by atoms with Crippen LogP contribution in [0.4, 0.5) is 10.2 Å². The van der Waals surface area contributed by atoms with Gasteiger partial charge in [-0.25, -0.2) is 9.37 Å². The highest BCUT2D eigenvalue weighted by Gasteiger charge is 2.29. The quantitative estimate of drug-likeness (QED) is 0.655. The summed E-state index contributed by atoms with van der Waals surface area (Å²) in [6, 6.07) is 6.76. The number of nitrogens with two attached hydrogens (primary N) is 1. The number of nitrogen functional groups attached to an aromatic ring is 1. The number of hydrogen-bond acceptors (Lipinski definition) is 4. The number of ether oxygens (including phenoxy) is 1. The normalized spacial score (nSPS) is 16.6. The number of carbonyl (C=O) groups is 1. The van der Waals surface area contributed by atoms with Gasteiger partial charge in [0.15, 0.2) is 0 Å². The highest BCUT2D eigenvalue weighted by atomic mass is 19.1. The van der Waals surface area contributed by atoms with E-state index in [9.17, 15) is 9.18 Å². The van der Waals surface area contributed by atoms with E-state index < -0.39 is 6.04 Å². The highest BCUT2D eigenvalue weighted by Crippen LogP contribution is 2.41. The third-order valence-electron chi connectivity index (χ3n) is 6.33. The van der Waals surface area contributed by atoms with Gasteiger partial charge in [-0.1, -0.05) is 12.1 Å². The molecule has 7 heteroatoms. The third kappa shape index (κ3) is 3.04. The minimum Gasteiger partial charge on any atom is -0.383 e. The van der Waals surface area contributed by atoms with Crippen LogP contribution in [0.2, 0.25) is 0 Å². The molecule has 0 saturated heterocycles. The van der Waals surface area contributed by atoms with E-state index >= 15 is 0 Å². The molecule has 1 fully saturated rings. The number of benzene rings is 1. The molecule has 0 unspecified atom stereocenters. The molecule has 3 heterocycles. The van der Waals surface area contributed by atoms with E-state index in [1.165, 1.54) is 0 Å². The number of halogens is 1. The van der Waals surface area contributed by atoms with Gasteiger partial charge in [-0.05, 0) is 50.3 Å². The van der Waals surface area contributed by atoms with E-state index in [-0.39, 0.29) is 11.7 Å². The lowest BCUT2D eigenvalue weighted by molar-refractivity contribution is 0.0694. The van der Waals surface area contributed by atoms with Crippen LogP contribution in [0.5, 0.6) is 0 Å². The monoisotopic (exact) mass is 408 g/mol. The summed E-state index contributed by atoms with van der Waals surface area (Å²) in [6.45, 7) is 5.09. The van der Waals surface area contributed by atoms with Crippen molar-refractivity contribution in [3.8, 4) is 0 Å². The fourth-order valence-electron chi connectivity index (χ4n) is 4.42. The van der Waals surface area contributed by atoms with E-state index in [0.29, 0.717) is 48.3 Å². The van der Waals surface area contributed by atoms with Gasteiger partial charge in [0.25, 0.3) is 5.91 Å². The third-order valence-corrected chi connectivity index (χ3v) is 6.33. The molecule has 2 aliphatic rings. The molecule has 0 bridgehead atoms. The van der Waals surface area contributed by atoms with Crippen molar-refractivity contribution in [2.24, 2.45) is 0 Å². The number of aromatic amines is 1. The Morgan fingerprint density at radius 1 is 1.33 bits per heavy atom. The fourth-order valence-corrected chi connectivity index (χ4v) is 4.42. The molecule has 6 nitrogen and oxygen atoms in total. The molecule has 30 heavy (non-hydrogen) atoms. The summed E-state index contributed by atoms with van der Waals surface area (Å²) in [5.41, 5.74) is 11.3. The molecular formula is C23H25FN4O2. The lowest BCUT2D eigenvalue weighted by atomic mass is 10.0. The molecule has 1 saturated carbocycles. The average molecular weight is 408 g/mol. The average Bonchev–Trinajstić information content (AvgIpc) is 3.29. The minimum atomic E-state index is -0.394. The molecule has 5 rings (SSSR count). The van der Waals surface area contributed by atoms with Crippen LogP contribution in [0, 0.1) is 5.82 Å². The first-order valence-corrected chi connectivity index (χ1v) is 10.5. The second-order valence-electron chi connectivity index (χ2n) is 8.21. The summed E-state index contributed by atoms with van der Waals surface area (Å²) >= 11 is 0. The molecule has 1 amide bonds. The van der Waals surface area contributed by atoms with Crippen molar-refractivity contribution in [1.82, 2.24) is 14.9 Å². The molecule has 1 atom stereocenters. The van der Waals surface area contributed by atoms with Gasteiger partial charge in [0.05, 0.1) is 30.3 Å². The topological polar surface area (TPSA) is 84.2 Å². The van der Waals surface area contributed by atoms with E-state index in [0.717, 1.165) is 35.0 Å². The van der Waals surface area contributed by atoms with Crippen molar-refractivity contribution in [2.75, 3.05) is 12.3 Å². The van der Waals surface area contributed by atoms with Gasteiger partial charge >= 0.3 is 0 Å². The molecular weight excluding hydrogens is 383 g/mol. The van der Waals surface area contributed by atoms with Gasteiger partial charge in [0.2, 0.25) is 0 Å². The van der Waals surface area contributed by atoms with Gasteiger partial charge < -0.3 is 20.4 Å². The Bertz CT molecular complexity index is 1150. The number of aromatic nitrogens is 2. The summed E-state index contributed by atoms with van der Waals surface area (Å²) in [5, 5.41) is 0. The summed E-state index contributed by atoms with van der Waals surface area (Å²) in [6.07, 6.45) is 2.25. The lowest BCUT2D eigenvalue weighted by Crippen LogP contribution is -2.34. The lowest BCUT2D eigenvalue weighted by Gasteiger charge is -2.28. The van der Waals surface area contributed by atoms with Crippen molar-refractivity contribution in [1.29, 1.82) is 0 Å². The van der Waals surface area contributed by atoms with Crippen LogP contribution >= 0.6 is 0 Å². The van der Waals surface area contributed by atoms with Crippen LogP contribution in [0.3, 0.4) is 0 Å². The number of carbonyl (C=O) groups excluding carboxylic acids is 1. The Morgan fingerprint density at radius 2 is 2.10 bits per heavy atom. The number of rotatable bonds is 5. The molecule has 3 aromatic rings. The number of amides is 1. The SMILES string of the molecule is CCN(C(=O)c1cc2nc(N)c3c(c2[nH]1)COC3)[C@H](C)c1ccc(C2CC2)cc1F. The Balaban J connectivity index is 1.47. The maximum Gasteiger partial charge on any atom is 0.270 e. The Kier molecular flexibility index (Phi) is 4.50. The molecule has 3 N–H and O–H groups in total. The van der Waals surface area contributed by atoms with E-state index in [1.54, 1.807) is 17.0 Å². The Hall–Kier alpha value is -2.93. The smallest absolute Gasteiger partial charge is 0.270 e. The van der Waals surface area contributed by atoms with Gasteiger partial charge in [-0.3, -0.25) is 4.79 Å². The van der Waals surface area contributed by atoms with Crippen LogP contribution in [0.25, 0.3) is 11.0 Å². The van der Waals surface area contributed by atoms with Crippen LogP contribution in [-0.2, 0) is 18.0 Å². The highest BCUT2D eigenvalue weighted by molar-refractivity contribution is 5.98. The van der Waals surface area contributed by atoms with Crippen molar-refractivity contribution in [3.63, 3.8) is 0 Å². The summed E-state index contributed by atoms with van der Waals surface area (Å²) in [7, 11) is 0. The van der Waals surface area contributed by atoms with Crippen LogP contribution in [0.15, 0.2) is 24.3 Å². The number of hydrogen-bond donors (Lipinski definition) is 2.